The molecule has 12 heterocycles. The first-order valence-corrected chi connectivity index (χ1v) is 41.3. The van der Waals surface area contributed by atoms with Crippen molar-refractivity contribution in [1.29, 1.82) is 0 Å². The number of nitrogen functional groups attached to an aromatic ring is 1. The van der Waals surface area contributed by atoms with Gasteiger partial charge in [-0.05, 0) is 228 Å². The van der Waals surface area contributed by atoms with E-state index in [0.29, 0.717) is 46.7 Å². The Morgan fingerprint density at radius 2 is 0.697 bits per heavy atom. The summed E-state index contributed by atoms with van der Waals surface area (Å²) in [6, 6.07) is 59.1. The molecule has 0 fully saturated rings. The number of allylic oxidation sites excluding steroid dienone is 1. The molecule has 0 saturated carbocycles. The van der Waals surface area contributed by atoms with Gasteiger partial charge in [0.25, 0.3) is 0 Å². The molecule has 640 valence electrons. The summed E-state index contributed by atoms with van der Waals surface area (Å²) < 4.78 is 89.2. The Morgan fingerprint density at radius 3 is 1.00 bits per heavy atom. The van der Waals surface area contributed by atoms with Gasteiger partial charge in [-0.25, -0.2) is 34.0 Å². The maximum Gasteiger partial charge on any atom is 2.00 e. The van der Waals surface area contributed by atoms with Gasteiger partial charge in [0.15, 0.2) is 23.1 Å². The van der Waals surface area contributed by atoms with Gasteiger partial charge in [0.1, 0.15) is 37.1 Å². The Labute approximate surface area is 747 Å². The molecule has 2 N–H and O–H groups in total. The Kier molecular flexibility index (Phi) is 34.6. The smallest absolute Gasteiger partial charge is 0.398 e. The number of nitrogens with two attached hydrogens (primary N) is 1. The fourth-order valence-corrected chi connectivity index (χ4v) is 13.8. The number of hydrogen-bond acceptors (Lipinski definition) is 15. The van der Waals surface area contributed by atoms with Gasteiger partial charge in [-0.15, -0.1) is 12.1 Å². The molecule has 0 aliphatic carbocycles. The fraction of sp³-hybridized carbons (Fsp3) is 0.275. The molecule has 0 spiro atoms. The van der Waals surface area contributed by atoms with Crippen molar-refractivity contribution < 1.29 is 52.1 Å². The third-order valence-corrected chi connectivity index (χ3v) is 19.8. The predicted molar refractivity (Wildman–Crippen MR) is 478 cm³/mol. The minimum absolute atomic E-state index is 0. The third-order valence-electron chi connectivity index (χ3n) is 18.5. The second-order valence-corrected chi connectivity index (χ2v) is 32.2. The van der Waals surface area contributed by atoms with Gasteiger partial charge in [0, 0.05) is 30.0 Å². The summed E-state index contributed by atoms with van der Waals surface area (Å²) in [6.07, 6.45) is 5.56. The van der Waals surface area contributed by atoms with Crippen LogP contribution < -0.4 is 15.5 Å². The topological polar surface area (TPSA) is 211 Å². The van der Waals surface area contributed by atoms with Crippen LogP contribution in [0.25, 0.3) is 29.1 Å². The Hall–Kier alpha value is -10.9. The van der Waals surface area contributed by atoms with Crippen molar-refractivity contribution in [3.63, 3.8) is 0 Å². The zero-order valence-corrected chi connectivity index (χ0v) is 77.3. The average molecular weight is 2040 g/mol. The van der Waals surface area contributed by atoms with Gasteiger partial charge in [-0.1, -0.05) is 212 Å². The van der Waals surface area contributed by atoms with Crippen LogP contribution in [-0.4, -0.2) is 91.1 Å². The molecule has 31 heteroatoms. The van der Waals surface area contributed by atoms with Crippen molar-refractivity contribution in [2.24, 2.45) is 4.99 Å². The van der Waals surface area contributed by atoms with Crippen LogP contribution in [0.15, 0.2) is 244 Å². The maximum absolute atomic E-state index is 13.3. The van der Waals surface area contributed by atoms with Crippen LogP contribution in [0, 0.1) is 33.2 Å². The van der Waals surface area contributed by atoms with E-state index in [9.17, 15) is 26.3 Å². The number of nitrogens with zero attached hydrogens (tertiary/aromatic N) is 19. The van der Waals surface area contributed by atoms with Crippen LogP contribution in [-0.2, 0) is 33.4 Å². The number of alkyl halides is 6. The van der Waals surface area contributed by atoms with Crippen molar-refractivity contribution >= 4 is 93.8 Å². The average Bonchev–Trinajstić information content (AvgIpc) is 0.861. The number of aliphatic imine (C=N–C) groups is 1. The first-order chi connectivity index (χ1) is 57.0. The molecule has 0 radical (unpaired) electrons. The molecule has 0 saturated heterocycles. The number of pyridine rings is 6. The van der Waals surface area contributed by atoms with E-state index >= 15 is 0 Å². The molecule has 1 aliphatic rings. The number of hydrogen-bond donors (Lipinski definition) is 1. The molecule has 0 atom stereocenters. The van der Waals surface area contributed by atoms with E-state index in [0.717, 1.165) is 110 Å². The van der Waals surface area contributed by atoms with Crippen molar-refractivity contribution in [1.82, 2.24) is 78.8 Å². The van der Waals surface area contributed by atoms with Crippen LogP contribution in [0.1, 0.15) is 187 Å². The van der Waals surface area contributed by atoms with Crippen molar-refractivity contribution in [2.75, 3.05) is 22.1 Å². The molecule has 0 amide bonds. The number of rotatable bonds is 17. The molecular weight excluding hydrogens is 1940 g/mol. The van der Waals surface area contributed by atoms with Crippen LogP contribution in [0.5, 0.6) is 0 Å². The van der Waals surface area contributed by atoms with Crippen LogP contribution in [0.2, 0.25) is 0 Å². The number of halogens is 10. The summed E-state index contributed by atoms with van der Waals surface area (Å²) in [4.78, 5) is 35.7. The van der Waals surface area contributed by atoms with Gasteiger partial charge in [-0.3, -0.25) is 39.7 Å². The molecule has 15 rings (SSSR count). The number of benzene rings is 3. The van der Waals surface area contributed by atoms with E-state index in [1.807, 2.05) is 153 Å². The summed E-state index contributed by atoms with van der Waals surface area (Å²) in [6.45, 7) is 34.3. The second-order valence-electron chi connectivity index (χ2n) is 29.8. The first-order valence-electron chi connectivity index (χ1n) is 38.9. The molecule has 0 bridgehead atoms. The number of aromatic nitrogens is 16. The second kappa shape index (κ2) is 43.7. The van der Waals surface area contributed by atoms with Gasteiger partial charge < -0.3 is 15.1 Å². The van der Waals surface area contributed by atoms with E-state index in [4.69, 9.17) is 25.7 Å². The van der Waals surface area contributed by atoms with Crippen LogP contribution in [0.3, 0.4) is 0 Å². The van der Waals surface area contributed by atoms with Gasteiger partial charge >= 0.3 is 33.4 Å². The summed E-state index contributed by atoms with van der Waals surface area (Å²) in [5, 5.41) is 20.6. The van der Waals surface area contributed by atoms with Crippen molar-refractivity contribution in [2.45, 2.75) is 159 Å². The van der Waals surface area contributed by atoms with E-state index < -0.39 is 23.7 Å². The molecule has 0 unspecified atom stereocenters. The number of aryl methyl sites for hydroxylation is 3. The first kappa shape index (κ1) is 96.5. The molecule has 11 aromatic heterocycles. The van der Waals surface area contributed by atoms with Crippen molar-refractivity contribution in [3.8, 4) is 29.1 Å². The maximum atomic E-state index is 13.3. The zero-order chi connectivity index (χ0) is 86.9. The summed E-state index contributed by atoms with van der Waals surface area (Å²) in [5.41, 5.74) is 17.6. The monoisotopic (exact) mass is 2030 g/mol. The normalized spacial score (nSPS) is 11.6. The van der Waals surface area contributed by atoms with Gasteiger partial charge in [0.05, 0.1) is 46.6 Å². The molecule has 122 heavy (non-hydrogen) atoms. The Morgan fingerprint density at radius 1 is 0.369 bits per heavy atom. The van der Waals surface area contributed by atoms with Gasteiger partial charge in [0.2, 0.25) is 0 Å². The van der Waals surface area contributed by atoms with E-state index in [1.165, 1.54) is 17.3 Å². The minimum Gasteiger partial charge on any atom is -0.398 e. The Bertz CT molecular complexity index is 5460. The standard InChI is InChI=1S/C30H30F3N7.C30H28F3N7.C12H19N.C9H8BrN3.C5H3Br2N.C5H7N.FH.Pt/c2*1-19(2)22-9-6-10-23(20(3)4)29(22)40(27-13-7-11-25(34-27)38-17-15-21(5)36-38)28-14-8-12-26(35-28)39-18-16-24(37-39)30(31,32)33;1-8(2)10-6-5-7-11(9(3)4)12(10)13;1-7-5-6-13(12-7)9-4-2-3-8(10)11-9;6-4-2-1-3-5(7)8-4;1-5-3-2-4-6-5;;/h6-20H,1-5H3;6-16,19-20H,1-5H3;5-9H,13H2,1-4H3;2-6H,1H3;1-3H;2-3H,4H2,1H3;1H;/q;-2;;;;;;+2. The SMILES string of the molecule is Brc1cccc(Br)n1.CC(C)c1cccc(C(C)C)c1N.CC1=NCC=C1.Cc1c[c-]n(-c2cccc(N(c3cccc(-n4[c-]cc(C(F)(F)F)n4)n3)c3c(C(C)C)cccc3C(C)C)n2)n1.Cc1ccn(-c2cccc(Br)n2)n1.Cc1ccn(-c2cccc(N(c3cccc(-n4ccc(C(F)(F)F)n4)n3)c3c(C(C)C)cccc3C(C)C)n2)n1.F.[Pt+2]. The van der Waals surface area contributed by atoms with Crippen LogP contribution in [0.4, 0.5) is 71.4 Å². The molecule has 20 nitrogen and oxygen atoms in total. The van der Waals surface area contributed by atoms with Crippen molar-refractivity contribution in [3.05, 3.63) is 313 Å². The summed E-state index contributed by atoms with van der Waals surface area (Å²) >= 11 is 9.76. The Balaban J connectivity index is 0.000000207. The van der Waals surface area contributed by atoms with Gasteiger partial charge in [-0.2, -0.15) is 41.6 Å². The molecule has 1 aliphatic heterocycles. The quantitative estimate of drug-likeness (QED) is 0.0389. The van der Waals surface area contributed by atoms with E-state index in [1.54, 1.807) is 50.4 Å². The number of anilines is 7. The zero-order valence-electron chi connectivity index (χ0n) is 70.2. The molecule has 3 aromatic carbocycles. The summed E-state index contributed by atoms with van der Waals surface area (Å²) in [5.74, 6) is 6.31. The van der Waals surface area contributed by atoms with E-state index in [2.05, 4.69) is 238 Å². The molecule has 14 aromatic rings. The van der Waals surface area contributed by atoms with Crippen LogP contribution >= 0.6 is 47.8 Å². The summed E-state index contributed by atoms with van der Waals surface area (Å²) in [7, 11) is 0. The molecular formula is C91H96Br3F7N20Pt. The fourth-order valence-electron chi connectivity index (χ4n) is 12.6. The predicted octanol–water partition coefficient (Wildman–Crippen LogP) is 25.0. The van der Waals surface area contributed by atoms with E-state index in [-0.39, 0.29) is 61.1 Å². The minimum atomic E-state index is -4.58. The largest absolute Gasteiger partial charge is 2.00 e. The third kappa shape index (κ3) is 25.6. The number of para-hydroxylation sites is 3.